The zero-order valence-electron chi connectivity index (χ0n) is 12.2. The van der Waals surface area contributed by atoms with Gasteiger partial charge in [-0.2, -0.15) is 5.26 Å². The summed E-state index contributed by atoms with van der Waals surface area (Å²) in [6, 6.07) is 9.31. The summed E-state index contributed by atoms with van der Waals surface area (Å²) in [6.07, 6.45) is 2.18. The maximum absolute atomic E-state index is 11.5. The highest BCUT2D eigenvalue weighted by Crippen LogP contribution is 2.27. The maximum Gasteiger partial charge on any atom is 0.229 e. The first-order valence-electron chi connectivity index (χ1n) is 7.10. The number of thiophene rings is 1. The highest BCUT2D eigenvalue weighted by molar-refractivity contribution is 7.15. The number of aromatic nitrogens is 1. The summed E-state index contributed by atoms with van der Waals surface area (Å²) in [5, 5.41) is 8.83. The molecule has 0 N–H and O–H groups in total. The van der Waals surface area contributed by atoms with Gasteiger partial charge in [0.05, 0.1) is 23.3 Å². The molecule has 1 aliphatic rings. The smallest absolute Gasteiger partial charge is 0.229 e. The van der Waals surface area contributed by atoms with E-state index in [9.17, 15) is 9.59 Å². The Bertz CT molecular complexity index is 761. The second-order valence-electron chi connectivity index (χ2n) is 4.94. The molecule has 23 heavy (non-hydrogen) atoms. The van der Waals surface area contributed by atoms with Gasteiger partial charge in [-0.3, -0.25) is 19.5 Å². The van der Waals surface area contributed by atoms with Gasteiger partial charge in [0, 0.05) is 12.8 Å². The molecule has 0 spiro atoms. The standard InChI is InChI=1S/C16H13N3O3S/c17-9-12-2-4-14(23-12)13-3-1-11(10-18-13)22-8-7-19-15(20)5-6-16(19)21/h1-4,10H,5-8H2. The molecule has 0 radical (unpaired) electrons. The third-order valence-corrected chi connectivity index (χ3v) is 4.46. The fourth-order valence-electron chi connectivity index (χ4n) is 2.27. The molecule has 1 fully saturated rings. The van der Waals surface area contributed by atoms with Crippen LogP contribution in [0.25, 0.3) is 10.6 Å². The van der Waals surface area contributed by atoms with E-state index < -0.39 is 0 Å². The molecule has 1 aliphatic heterocycles. The normalized spacial score (nSPS) is 14.1. The summed E-state index contributed by atoms with van der Waals surface area (Å²) in [5.41, 5.74) is 0.772. The van der Waals surface area contributed by atoms with Gasteiger partial charge in [0.1, 0.15) is 23.3 Å². The Morgan fingerprint density at radius 1 is 1.22 bits per heavy atom. The van der Waals surface area contributed by atoms with E-state index in [4.69, 9.17) is 10.00 Å². The molecule has 7 heteroatoms. The average molecular weight is 327 g/mol. The minimum atomic E-state index is -0.141. The minimum Gasteiger partial charge on any atom is -0.490 e. The first-order valence-corrected chi connectivity index (χ1v) is 7.91. The highest BCUT2D eigenvalue weighted by atomic mass is 32.1. The Morgan fingerprint density at radius 2 is 2.00 bits per heavy atom. The van der Waals surface area contributed by atoms with Gasteiger partial charge in [0.25, 0.3) is 0 Å². The van der Waals surface area contributed by atoms with Crippen LogP contribution in [0.5, 0.6) is 5.75 Å². The lowest BCUT2D eigenvalue weighted by Gasteiger charge is -2.14. The second-order valence-corrected chi connectivity index (χ2v) is 6.03. The molecule has 0 aromatic carbocycles. The molecule has 6 nitrogen and oxygen atoms in total. The van der Waals surface area contributed by atoms with Crippen molar-refractivity contribution in [3.63, 3.8) is 0 Å². The van der Waals surface area contributed by atoms with E-state index in [0.29, 0.717) is 23.5 Å². The van der Waals surface area contributed by atoms with Crippen molar-refractivity contribution >= 4 is 23.2 Å². The summed E-state index contributed by atoms with van der Waals surface area (Å²) < 4.78 is 5.52. The van der Waals surface area contributed by atoms with E-state index in [1.165, 1.54) is 16.2 Å². The van der Waals surface area contributed by atoms with Gasteiger partial charge < -0.3 is 4.74 Å². The van der Waals surface area contributed by atoms with Crippen molar-refractivity contribution in [1.29, 1.82) is 5.26 Å². The van der Waals surface area contributed by atoms with Crippen molar-refractivity contribution in [2.45, 2.75) is 12.8 Å². The summed E-state index contributed by atoms with van der Waals surface area (Å²) in [6.45, 7) is 0.506. The van der Waals surface area contributed by atoms with E-state index in [0.717, 1.165) is 10.6 Å². The number of carbonyl (C=O) groups excluding carboxylic acids is 2. The van der Waals surface area contributed by atoms with E-state index in [1.54, 1.807) is 18.3 Å². The van der Waals surface area contributed by atoms with Crippen LogP contribution in [0.2, 0.25) is 0 Å². The zero-order chi connectivity index (χ0) is 16.2. The molecule has 0 saturated carbocycles. The lowest BCUT2D eigenvalue weighted by Crippen LogP contribution is -2.33. The number of likely N-dealkylation sites (tertiary alicyclic amines) is 1. The number of carbonyl (C=O) groups is 2. The zero-order valence-corrected chi connectivity index (χ0v) is 13.0. The van der Waals surface area contributed by atoms with E-state index in [1.807, 2.05) is 12.1 Å². The van der Waals surface area contributed by atoms with Crippen molar-refractivity contribution in [3.8, 4) is 22.4 Å². The van der Waals surface area contributed by atoms with Crippen molar-refractivity contribution in [2.24, 2.45) is 0 Å². The van der Waals surface area contributed by atoms with Crippen LogP contribution in [0.3, 0.4) is 0 Å². The van der Waals surface area contributed by atoms with Crippen molar-refractivity contribution < 1.29 is 14.3 Å². The van der Waals surface area contributed by atoms with Gasteiger partial charge >= 0.3 is 0 Å². The second kappa shape index (κ2) is 6.58. The van der Waals surface area contributed by atoms with Crippen LogP contribution in [0.4, 0.5) is 0 Å². The average Bonchev–Trinajstić information content (AvgIpc) is 3.17. The van der Waals surface area contributed by atoms with Crippen LogP contribution < -0.4 is 4.74 Å². The van der Waals surface area contributed by atoms with Crippen LogP contribution in [0.1, 0.15) is 17.7 Å². The quantitative estimate of drug-likeness (QED) is 0.786. The Morgan fingerprint density at radius 3 is 2.61 bits per heavy atom. The minimum absolute atomic E-state index is 0.141. The highest BCUT2D eigenvalue weighted by Gasteiger charge is 2.28. The molecule has 3 heterocycles. The first kappa shape index (κ1) is 15.2. The van der Waals surface area contributed by atoms with E-state index in [2.05, 4.69) is 11.1 Å². The lowest BCUT2D eigenvalue weighted by molar-refractivity contribution is -0.138. The van der Waals surface area contributed by atoms with Crippen molar-refractivity contribution in [1.82, 2.24) is 9.88 Å². The van der Waals surface area contributed by atoms with E-state index >= 15 is 0 Å². The van der Waals surface area contributed by atoms with Gasteiger partial charge in [-0.15, -0.1) is 11.3 Å². The molecular weight excluding hydrogens is 314 g/mol. The van der Waals surface area contributed by atoms with Crippen molar-refractivity contribution in [3.05, 3.63) is 35.3 Å². The summed E-state index contributed by atoms with van der Waals surface area (Å²) >= 11 is 1.38. The Hall–Kier alpha value is -2.72. The van der Waals surface area contributed by atoms with Crippen LogP contribution in [-0.4, -0.2) is 34.8 Å². The molecule has 1 saturated heterocycles. The van der Waals surface area contributed by atoms with Gasteiger partial charge in [-0.1, -0.05) is 0 Å². The number of imide groups is 1. The number of amides is 2. The molecule has 3 rings (SSSR count). The third-order valence-electron chi connectivity index (χ3n) is 3.44. The summed E-state index contributed by atoms with van der Waals surface area (Å²) in [7, 11) is 0. The van der Waals surface area contributed by atoms with E-state index in [-0.39, 0.29) is 25.0 Å². The first-order chi connectivity index (χ1) is 11.2. The summed E-state index contributed by atoms with van der Waals surface area (Å²) in [5.74, 6) is 0.293. The van der Waals surface area contributed by atoms with Gasteiger partial charge in [-0.05, 0) is 24.3 Å². The summed E-state index contributed by atoms with van der Waals surface area (Å²) in [4.78, 5) is 30.0. The molecule has 0 aliphatic carbocycles. The largest absolute Gasteiger partial charge is 0.490 e. The number of nitriles is 1. The van der Waals surface area contributed by atoms with Crippen molar-refractivity contribution in [2.75, 3.05) is 13.2 Å². The third kappa shape index (κ3) is 3.38. The van der Waals surface area contributed by atoms with Crippen LogP contribution >= 0.6 is 11.3 Å². The number of hydrogen-bond acceptors (Lipinski definition) is 6. The molecule has 2 amide bonds. The fourth-order valence-corrected chi connectivity index (χ4v) is 3.05. The number of rotatable bonds is 5. The monoisotopic (exact) mass is 327 g/mol. The molecule has 2 aromatic heterocycles. The van der Waals surface area contributed by atoms with Gasteiger partial charge in [-0.25, -0.2) is 0 Å². The number of nitrogens with zero attached hydrogens (tertiary/aromatic N) is 3. The maximum atomic E-state index is 11.5. The predicted octanol–water partition coefficient (Wildman–Crippen LogP) is 2.21. The molecule has 0 bridgehead atoms. The van der Waals surface area contributed by atoms with Crippen LogP contribution in [0.15, 0.2) is 30.5 Å². The molecule has 0 atom stereocenters. The number of ether oxygens (including phenoxy) is 1. The van der Waals surface area contributed by atoms with Crippen LogP contribution in [-0.2, 0) is 9.59 Å². The molecule has 2 aromatic rings. The fraction of sp³-hybridized carbons (Fsp3) is 0.250. The Kier molecular flexibility index (Phi) is 4.35. The number of pyridine rings is 1. The SMILES string of the molecule is N#Cc1ccc(-c2ccc(OCCN3C(=O)CCC3=O)cn2)s1. The Labute approximate surface area is 136 Å². The number of hydrogen-bond donors (Lipinski definition) is 0. The van der Waals surface area contributed by atoms with Crippen LogP contribution in [0, 0.1) is 11.3 Å². The van der Waals surface area contributed by atoms with Gasteiger partial charge in [0.2, 0.25) is 11.8 Å². The molecule has 116 valence electrons. The Balaban J connectivity index is 1.56. The topological polar surface area (TPSA) is 83.3 Å². The lowest BCUT2D eigenvalue weighted by atomic mass is 10.3. The predicted molar refractivity (Wildman–Crippen MR) is 83.7 cm³/mol. The molecule has 0 unspecified atom stereocenters. The molecular formula is C16H13N3O3S. The van der Waals surface area contributed by atoms with Gasteiger partial charge in [0.15, 0.2) is 0 Å².